The number of rotatable bonds is 6. The average Bonchev–Trinajstić information content (AvgIpc) is 2.79. The molecule has 4 aromatic rings. The molecule has 0 aliphatic rings. The van der Waals surface area contributed by atoms with Crippen LogP contribution < -0.4 is 15.2 Å². The van der Waals surface area contributed by atoms with E-state index in [1.807, 2.05) is 0 Å². The summed E-state index contributed by atoms with van der Waals surface area (Å²) in [7, 11) is 0. The van der Waals surface area contributed by atoms with Gasteiger partial charge in [-0.15, -0.1) is 0 Å². The molecule has 0 spiro atoms. The van der Waals surface area contributed by atoms with Gasteiger partial charge < -0.3 is 0 Å². The molecule has 4 aromatic carbocycles. The van der Waals surface area contributed by atoms with Gasteiger partial charge in [0.15, 0.2) is 0 Å². The molecule has 2 heteroatoms. The molecule has 0 heterocycles. The van der Waals surface area contributed by atoms with Gasteiger partial charge in [-0.05, 0) is 0 Å². The van der Waals surface area contributed by atoms with E-state index < -0.39 is 18.4 Å². The quantitative estimate of drug-likeness (QED) is 0.334. The number of hydrogen-bond donors (Lipinski definition) is 0. The van der Waals surface area contributed by atoms with Crippen molar-refractivity contribution in [3.63, 3.8) is 0 Å². The Kier molecular flexibility index (Phi) is 6.36. The third kappa shape index (κ3) is 3.84. The van der Waals surface area contributed by atoms with Crippen LogP contribution >= 0.6 is 0 Å². The van der Waals surface area contributed by atoms with Gasteiger partial charge in [-0.2, -0.15) is 0 Å². The molecule has 4 rings (SSSR count). The molecule has 0 nitrogen and oxygen atoms in total. The summed E-state index contributed by atoms with van der Waals surface area (Å²) in [6.45, 7) is 0. The zero-order chi connectivity index (χ0) is 19.2. The van der Waals surface area contributed by atoms with Crippen LogP contribution in [0.3, 0.4) is 0 Å². The van der Waals surface area contributed by atoms with E-state index in [0.717, 1.165) is 0 Å². The summed E-state index contributed by atoms with van der Waals surface area (Å²) in [6, 6.07) is 43.0. The molecule has 138 valence electrons. The zero-order valence-corrected chi connectivity index (χ0v) is 20.7. The minimum absolute atomic E-state index is 0.498. The fourth-order valence-electron chi connectivity index (χ4n) is 4.11. The van der Waals surface area contributed by atoms with E-state index in [0.29, 0.717) is 15.0 Å². The first-order valence-electron chi connectivity index (χ1n) is 9.63. The summed E-state index contributed by atoms with van der Waals surface area (Å²) in [6.07, 6.45) is 0. The van der Waals surface area contributed by atoms with Crippen LogP contribution in [-0.2, 0) is 4.44 Å². The van der Waals surface area contributed by atoms with Crippen molar-refractivity contribution >= 4 is 48.5 Å². The normalized spacial score (nSPS) is 11.3. The van der Waals surface area contributed by atoms with E-state index in [-0.39, 0.29) is 0 Å². The van der Waals surface area contributed by atoms with Crippen LogP contribution in [-0.4, -0.2) is 33.3 Å². The van der Waals surface area contributed by atoms with Gasteiger partial charge in [0, 0.05) is 0 Å². The molecule has 0 saturated carbocycles. The van der Waals surface area contributed by atoms with Crippen LogP contribution in [0.4, 0.5) is 0 Å². The van der Waals surface area contributed by atoms with Crippen LogP contribution in [0, 0.1) is 0 Å². The molecule has 0 atom stereocenters. The summed E-state index contributed by atoms with van der Waals surface area (Å²) in [4.78, 5) is 0. The fourth-order valence-corrected chi connectivity index (χ4v) is 19.9. The molecular formula is C26H24SeSn. The van der Waals surface area contributed by atoms with Crippen molar-refractivity contribution in [2.75, 3.05) is 0 Å². The van der Waals surface area contributed by atoms with Crippen LogP contribution in [0.2, 0.25) is 5.82 Å². The first-order chi connectivity index (χ1) is 13.8. The summed E-state index contributed by atoms with van der Waals surface area (Å²) in [5.74, 6) is 2.33. The van der Waals surface area contributed by atoms with Crippen LogP contribution in [0.5, 0.6) is 0 Å². The van der Waals surface area contributed by atoms with Crippen molar-refractivity contribution in [3.05, 3.63) is 121 Å². The molecule has 0 N–H and O–H groups in total. The first kappa shape index (κ1) is 19.5. The van der Waals surface area contributed by atoms with Crippen molar-refractivity contribution in [2.45, 2.75) is 10.3 Å². The Balaban J connectivity index is 2.01. The van der Waals surface area contributed by atoms with E-state index in [1.165, 1.54) is 10.0 Å². The van der Waals surface area contributed by atoms with Crippen molar-refractivity contribution < 1.29 is 0 Å². The van der Waals surface area contributed by atoms with Gasteiger partial charge in [-0.25, -0.2) is 0 Å². The standard InChI is InChI=1S/C8H9Se.3C6H5.Sn/c1-7-5-3-4-6-8(7)9-2;3*1-2-4-6-5-3-1;/h3-6H,1H2,2H3;3*1-5H;. The number of benzene rings is 4. The Morgan fingerprint density at radius 1 is 0.536 bits per heavy atom. The van der Waals surface area contributed by atoms with Crippen molar-refractivity contribution in [3.8, 4) is 0 Å². The minimum atomic E-state index is -3.22. The summed E-state index contributed by atoms with van der Waals surface area (Å²) >= 11 is -2.72. The second-order valence-electron chi connectivity index (χ2n) is 6.99. The number of hydrogen-bond acceptors (Lipinski definition) is 0. The molecular weight excluding hydrogens is 510 g/mol. The maximum absolute atomic E-state index is 3.22. The molecule has 28 heavy (non-hydrogen) atoms. The zero-order valence-electron chi connectivity index (χ0n) is 16.1. The Hall–Kier alpha value is -1.80. The van der Waals surface area contributed by atoms with E-state index in [9.17, 15) is 0 Å². The van der Waals surface area contributed by atoms with E-state index in [4.69, 9.17) is 0 Å². The maximum atomic E-state index is 2.37. The summed E-state index contributed by atoms with van der Waals surface area (Å²) in [5, 5.41) is 0. The third-order valence-electron chi connectivity index (χ3n) is 5.45. The Morgan fingerprint density at radius 2 is 0.929 bits per heavy atom. The monoisotopic (exact) mass is 536 g/mol. The van der Waals surface area contributed by atoms with Crippen LogP contribution in [0.25, 0.3) is 0 Å². The Labute approximate surface area is 178 Å². The summed E-state index contributed by atoms with van der Waals surface area (Å²) < 4.78 is 7.35. The molecule has 0 aliphatic carbocycles. The van der Waals surface area contributed by atoms with Gasteiger partial charge in [0.05, 0.1) is 0 Å². The van der Waals surface area contributed by atoms with Crippen LogP contribution in [0.1, 0.15) is 5.56 Å². The van der Waals surface area contributed by atoms with Gasteiger partial charge in [0.25, 0.3) is 0 Å². The fraction of sp³-hybridized carbons (Fsp3) is 0.0769. The van der Waals surface area contributed by atoms with Gasteiger partial charge in [-0.3, -0.25) is 0 Å². The molecule has 0 aliphatic heterocycles. The van der Waals surface area contributed by atoms with Crippen molar-refractivity contribution in [2.24, 2.45) is 0 Å². The molecule has 0 unspecified atom stereocenters. The average molecular weight is 534 g/mol. The first-order valence-corrected chi connectivity index (χ1v) is 18.5. The van der Waals surface area contributed by atoms with E-state index in [2.05, 4.69) is 121 Å². The molecule has 0 bridgehead atoms. The predicted octanol–water partition coefficient (Wildman–Crippen LogP) is 3.32. The van der Waals surface area contributed by atoms with Gasteiger partial charge in [0.1, 0.15) is 0 Å². The summed E-state index contributed by atoms with van der Waals surface area (Å²) in [5.41, 5.74) is 1.54. The Bertz CT molecular complexity index is 917. The molecule has 0 saturated heterocycles. The molecule has 0 fully saturated rings. The second kappa shape index (κ2) is 9.13. The topological polar surface area (TPSA) is 0 Å². The van der Waals surface area contributed by atoms with Crippen LogP contribution in [0.15, 0.2) is 115 Å². The van der Waals surface area contributed by atoms with E-state index in [1.54, 1.807) is 15.2 Å². The molecule has 0 aromatic heterocycles. The molecule has 0 radical (unpaired) electrons. The van der Waals surface area contributed by atoms with Gasteiger partial charge in [0.2, 0.25) is 0 Å². The molecule has 0 amide bonds. The van der Waals surface area contributed by atoms with Crippen molar-refractivity contribution in [1.82, 2.24) is 0 Å². The SMILES string of the molecule is C[Se]c1ccccc1[CH2][Sn]([c]1ccccc1)([c]1ccccc1)[c]1ccccc1. The third-order valence-corrected chi connectivity index (χ3v) is 21.1. The predicted molar refractivity (Wildman–Crippen MR) is 125 cm³/mol. The van der Waals surface area contributed by atoms with Gasteiger partial charge in [-0.1, -0.05) is 0 Å². The second-order valence-corrected chi connectivity index (χ2v) is 19.9. The van der Waals surface area contributed by atoms with Crippen molar-refractivity contribution in [1.29, 1.82) is 0 Å². The Morgan fingerprint density at radius 3 is 1.36 bits per heavy atom. The van der Waals surface area contributed by atoms with E-state index >= 15 is 0 Å². The van der Waals surface area contributed by atoms with Gasteiger partial charge >= 0.3 is 180 Å².